The number of rotatable bonds is 5. The van der Waals surface area contributed by atoms with E-state index in [-0.39, 0.29) is 11.9 Å². The molecule has 0 aliphatic rings. The Kier molecular flexibility index (Phi) is 4.52. The molecule has 1 N–H and O–H groups in total. The highest BCUT2D eigenvalue weighted by molar-refractivity contribution is 7.09. The Balaban J connectivity index is 1.56. The maximum absolute atomic E-state index is 12.2. The largest absolute Gasteiger partial charge is 0.331 e. The maximum atomic E-state index is 12.2. The lowest BCUT2D eigenvalue weighted by Crippen LogP contribution is -2.39. The number of hydrogen-bond acceptors (Lipinski definition) is 5. The first-order valence-electron chi connectivity index (χ1n) is 7.32. The van der Waals surface area contributed by atoms with Crippen molar-refractivity contribution in [3.8, 4) is 0 Å². The van der Waals surface area contributed by atoms with Crippen LogP contribution < -0.4 is 5.32 Å². The van der Waals surface area contributed by atoms with E-state index in [1.807, 2.05) is 34.2 Å². The SMILES string of the molecule is C[C@@H](CN(C)C(=O)NCc1nnc2ccccn12)c1nccs1. The van der Waals surface area contributed by atoms with Crippen LogP contribution in [0.2, 0.25) is 0 Å². The number of carbonyl (C=O) groups excluding carboxylic acids is 1. The van der Waals surface area contributed by atoms with Gasteiger partial charge in [0.15, 0.2) is 11.5 Å². The van der Waals surface area contributed by atoms with E-state index in [4.69, 9.17) is 0 Å². The van der Waals surface area contributed by atoms with Crippen LogP contribution in [0.5, 0.6) is 0 Å². The van der Waals surface area contributed by atoms with Crippen molar-refractivity contribution >= 4 is 23.0 Å². The van der Waals surface area contributed by atoms with Gasteiger partial charge in [-0.15, -0.1) is 21.5 Å². The van der Waals surface area contributed by atoms with Crippen molar-refractivity contribution in [3.05, 3.63) is 46.8 Å². The van der Waals surface area contributed by atoms with Crippen molar-refractivity contribution in [2.45, 2.75) is 19.4 Å². The van der Waals surface area contributed by atoms with E-state index < -0.39 is 0 Å². The Bertz CT molecular complexity index is 784. The highest BCUT2D eigenvalue weighted by Gasteiger charge is 2.16. The normalized spacial score (nSPS) is 12.3. The van der Waals surface area contributed by atoms with Crippen molar-refractivity contribution in [2.24, 2.45) is 0 Å². The van der Waals surface area contributed by atoms with Gasteiger partial charge in [0, 0.05) is 37.3 Å². The van der Waals surface area contributed by atoms with Crippen molar-refractivity contribution in [2.75, 3.05) is 13.6 Å². The average Bonchev–Trinajstić information content (AvgIpc) is 3.22. The minimum Gasteiger partial charge on any atom is -0.331 e. The first kappa shape index (κ1) is 15.4. The van der Waals surface area contributed by atoms with Crippen LogP contribution in [0.3, 0.4) is 0 Å². The number of likely N-dealkylation sites (N-methyl/N-ethyl adjacent to an activating group) is 1. The van der Waals surface area contributed by atoms with E-state index >= 15 is 0 Å². The molecule has 0 bridgehead atoms. The van der Waals surface area contributed by atoms with Gasteiger partial charge in [0.1, 0.15) is 0 Å². The summed E-state index contributed by atoms with van der Waals surface area (Å²) in [5.41, 5.74) is 0.766. The van der Waals surface area contributed by atoms with Crippen LogP contribution in [-0.4, -0.2) is 44.1 Å². The number of nitrogens with zero attached hydrogens (tertiary/aromatic N) is 5. The zero-order chi connectivity index (χ0) is 16.2. The number of fused-ring (bicyclic) bond motifs is 1. The highest BCUT2D eigenvalue weighted by atomic mass is 32.1. The summed E-state index contributed by atoms with van der Waals surface area (Å²) in [6, 6.07) is 5.55. The predicted molar refractivity (Wildman–Crippen MR) is 88.4 cm³/mol. The quantitative estimate of drug-likeness (QED) is 0.777. The van der Waals surface area contributed by atoms with E-state index in [1.54, 1.807) is 29.5 Å². The van der Waals surface area contributed by atoms with Crippen molar-refractivity contribution in [3.63, 3.8) is 0 Å². The van der Waals surface area contributed by atoms with Gasteiger partial charge in [-0.1, -0.05) is 13.0 Å². The van der Waals surface area contributed by atoms with E-state index in [0.717, 1.165) is 10.7 Å². The third kappa shape index (κ3) is 3.48. The summed E-state index contributed by atoms with van der Waals surface area (Å²) in [6.07, 6.45) is 3.66. The molecule has 23 heavy (non-hydrogen) atoms. The molecule has 0 radical (unpaired) electrons. The van der Waals surface area contributed by atoms with E-state index in [2.05, 4.69) is 27.4 Å². The Morgan fingerprint density at radius 2 is 2.30 bits per heavy atom. The van der Waals surface area contributed by atoms with Crippen molar-refractivity contribution in [1.29, 1.82) is 0 Å². The number of pyridine rings is 1. The van der Waals surface area contributed by atoms with Gasteiger partial charge >= 0.3 is 6.03 Å². The Morgan fingerprint density at radius 1 is 1.43 bits per heavy atom. The van der Waals surface area contributed by atoms with Crippen molar-refractivity contribution < 1.29 is 4.79 Å². The molecule has 8 heteroatoms. The molecular formula is C15H18N6OS. The van der Waals surface area contributed by atoms with Crippen LogP contribution in [0.4, 0.5) is 4.79 Å². The third-order valence-corrected chi connectivity index (χ3v) is 4.56. The second-order valence-electron chi connectivity index (χ2n) is 5.36. The first-order chi connectivity index (χ1) is 11.1. The zero-order valence-electron chi connectivity index (χ0n) is 13.0. The fourth-order valence-corrected chi connectivity index (χ4v) is 3.04. The number of nitrogens with one attached hydrogen (secondary N) is 1. The number of amides is 2. The lowest BCUT2D eigenvalue weighted by molar-refractivity contribution is 0.206. The molecule has 3 aromatic rings. The van der Waals surface area contributed by atoms with Gasteiger partial charge in [0.25, 0.3) is 0 Å². The fourth-order valence-electron chi connectivity index (χ4n) is 2.35. The summed E-state index contributed by atoms with van der Waals surface area (Å²) < 4.78 is 1.86. The summed E-state index contributed by atoms with van der Waals surface area (Å²) in [5, 5.41) is 14.0. The van der Waals surface area contributed by atoms with Crippen molar-refractivity contribution in [1.82, 2.24) is 29.8 Å². The van der Waals surface area contributed by atoms with Gasteiger partial charge in [-0.3, -0.25) is 4.40 Å². The van der Waals surface area contributed by atoms with E-state index in [0.29, 0.717) is 18.9 Å². The molecule has 0 aromatic carbocycles. The Labute approximate surface area is 138 Å². The minimum atomic E-state index is -0.138. The molecule has 0 unspecified atom stereocenters. The van der Waals surface area contributed by atoms with Gasteiger partial charge in [0.2, 0.25) is 0 Å². The van der Waals surface area contributed by atoms with Gasteiger partial charge in [-0.2, -0.15) is 0 Å². The second kappa shape index (κ2) is 6.74. The lowest BCUT2D eigenvalue weighted by Gasteiger charge is -2.20. The number of aromatic nitrogens is 4. The number of hydrogen-bond donors (Lipinski definition) is 1. The van der Waals surface area contributed by atoms with E-state index in [9.17, 15) is 4.79 Å². The Hall–Kier alpha value is -2.48. The molecule has 0 saturated heterocycles. The van der Waals surface area contributed by atoms with Crippen LogP contribution in [0.1, 0.15) is 23.7 Å². The molecule has 1 atom stereocenters. The zero-order valence-corrected chi connectivity index (χ0v) is 13.8. The smallest absolute Gasteiger partial charge is 0.317 e. The average molecular weight is 330 g/mol. The molecule has 7 nitrogen and oxygen atoms in total. The second-order valence-corrected chi connectivity index (χ2v) is 6.28. The third-order valence-electron chi connectivity index (χ3n) is 3.55. The summed E-state index contributed by atoms with van der Waals surface area (Å²) in [6.45, 7) is 3.01. The number of thiazole rings is 1. The minimum absolute atomic E-state index is 0.138. The van der Waals surface area contributed by atoms with Crippen LogP contribution in [0.15, 0.2) is 36.0 Å². The lowest BCUT2D eigenvalue weighted by atomic mass is 10.2. The summed E-state index contributed by atoms with van der Waals surface area (Å²) in [5.74, 6) is 0.912. The van der Waals surface area contributed by atoms with Gasteiger partial charge in [0.05, 0.1) is 11.6 Å². The van der Waals surface area contributed by atoms with Gasteiger partial charge in [-0.05, 0) is 12.1 Å². The first-order valence-corrected chi connectivity index (χ1v) is 8.20. The monoisotopic (exact) mass is 330 g/mol. The van der Waals surface area contributed by atoms with Gasteiger partial charge in [-0.25, -0.2) is 9.78 Å². The topological polar surface area (TPSA) is 75.4 Å². The molecule has 3 rings (SSSR count). The van der Waals surface area contributed by atoms with Crippen LogP contribution in [-0.2, 0) is 6.54 Å². The van der Waals surface area contributed by atoms with Crippen LogP contribution >= 0.6 is 11.3 Å². The molecule has 3 aromatic heterocycles. The van der Waals surface area contributed by atoms with Crippen LogP contribution in [0.25, 0.3) is 5.65 Å². The van der Waals surface area contributed by atoms with Gasteiger partial charge < -0.3 is 10.2 Å². The maximum Gasteiger partial charge on any atom is 0.317 e. The molecule has 120 valence electrons. The molecular weight excluding hydrogens is 312 g/mol. The predicted octanol–water partition coefficient (Wildman–Crippen LogP) is 2.13. The fraction of sp³-hybridized carbons (Fsp3) is 0.333. The molecule has 2 amide bonds. The molecule has 0 fully saturated rings. The number of urea groups is 1. The molecule has 0 saturated carbocycles. The Morgan fingerprint density at radius 3 is 3.09 bits per heavy atom. The number of carbonyl (C=O) groups is 1. The summed E-state index contributed by atoms with van der Waals surface area (Å²) >= 11 is 1.61. The molecule has 3 heterocycles. The summed E-state index contributed by atoms with van der Waals surface area (Å²) in [4.78, 5) is 18.2. The van der Waals surface area contributed by atoms with E-state index in [1.165, 1.54) is 0 Å². The molecule has 0 aliphatic heterocycles. The standard InChI is InChI=1S/C15H18N6OS/c1-11(14-16-6-8-23-14)10-20(2)15(22)17-9-13-19-18-12-5-3-4-7-21(12)13/h3-8,11H,9-10H2,1-2H3,(H,17,22)/t11-/m0/s1. The molecule has 0 spiro atoms. The van der Waals surface area contributed by atoms with Crippen LogP contribution in [0, 0.1) is 0 Å². The highest BCUT2D eigenvalue weighted by Crippen LogP contribution is 2.18. The molecule has 0 aliphatic carbocycles. The summed E-state index contributed by atoms with van der Waals surface area (Å²) in [7, 11) is 1.78.